The Morgan fingerprint density at radius 1 is 1.37 bits per heavy atom. The van der Waals surface area contributed by atoms with Crippen LogP contribution < -0.4 is 5.43 Å². The summed E-state index contributed by atoms with van der Waals surface area (Å²) in [5, 5.41) is 6.23. The molecule has 19 heavy (non-hydrogen) atoms. The second kappa shape index (κ2) is 6.70. The summed E-state index contributed by atoms with van der Waals surface area (Å²) in [5.74, 6) is 0.614. The minimum Gasteiger partial charge on any atom is -0.289 e. The van der Waals surface area contributed by atoms with Gasteiger partial charge in [0.25, 0.3) is 0 Å². The first-order valence-electron chi connectivity index (χ1n) is 6.81. The molecular formula is C14H26N4O. The van der Waals surface area contributed by atoms with E-state index >= 15 is 0 Å². The maximum atomic E-state index is 11.7. The number of hydrogen-bond acceptors (Lipinski definition) is 3. The van der Waals surface area contributed by atoms with Crippen LogP contribution in [0.5, 0.6) is 0 Å². The van der Waals surface area contributed by atoms with Crippen LogP contribution in [-0.2, 0) is 17.8 Å². The third-order valence-corrected chi connectivity index (χ3v) is 3.02. The molecule has 0 atom stereocenters. The Morgan fingerprint density at radius 2 is 2.00 bits per heavy atom. The van der Waals surface area contributed by atoms with E-state index < -0.39 is 0 Å². The van der Waals surface area contributed by atoms with Crippen LogP contribution in [-0.4, -0.2) is 34.8 Å². The van der Waals surface area contributed by atoms with E-state index in [2.05, 4.69) is 36.0 Å². The van der Waals surface area contributed by atoms with Crippen molar-refractivity contribution in [2.75, 3.05) is 14.1 Å². The van der Waals surface area contributed by atoms with Crippen LogP contribution in [0.1, 0.15) is 37.2 Å². The molecule has 0 bridgehead atoms. The van der Waals surface area contributed by atoms with Crippen LogP contribution >= 0.6 is 0 Å². The van der Waals surface area contributed by atoms with Gasteiger partial charge in [0.2, 0.25) is 5.91 Å². The molecule has 5 nitrogen and oxygen atoms in total. The third-order valence-electron chi connectivity index (χ3n) is 3.02. The normalized spacial score (nSPS) is 11.4. The van der Waals surface area contributed by atoms with Gasteiger partial charge in [0, 0.05) is 32.8 Å². The molecule has 0 saturated carbocycles. The number of amides is 1. The van der Waals surface area contributed by atoms with Crippen molar-refractivity contribution in [2.45, 2.75) is 47.1 Å². The zero-order valence-corrected chi connectivity index (χ0v) is 12.9. The largest absolute Gasteiger partial charge is 0.289 e. The van der Waals surface area contributed by atoms with Crippen molar-refractivity contribution in [2.24, 2.45) is 5.92 Å². The Morgan fingerprint density at radius 3 is 2.53 bits per heavy atom. The Hall–Kier alpha value is -1.36. The van der Waals surface area contributed by atoms with Crippen LogP contribution in [0.2, 0.25) is 0 Å². The summed E-state index contributed by atoms with van der Waals surface area (Å²) in [6, 6.07) is 0. The van der Waals surface area contributed by atoms with Gasteiger partial charge < -0.3 is 0 Å². The van der Waals surface area contributed by atoms with Crippen molar-refractivity contribution in [1.82, 2.24) is 20.2 Å². The molecule has 1 heterocycles. The Bertz CT molecular complexity index is 435. The summed E-state index contributed by atoms with van der Waals surface area (Å²) in [5.41, 5.74) is 6.18. The van der Waals surface area contributed by atoms with Gasteiger partial charge in [-0.1, -0.05) is 13.8 Å². The standard InChI is InChI=1S/C14H26N4O/c1-10(2)9-18-12(4)13(11(3)15-18)7-8-14(19)16-17(5)6/h10H,7-9H2,1-6H3,(H,16,19). The van der Waals surface area contributed by atoms with E-state index in [1.807, 2.05) is 21.0 Å². The van der Waals surface area contributed by atoms with E-state index in [1.165, 1.54) is 11.3 Å². The maximum absolute atomic E-state index is 11.7. The molecule has 1 amide bonds. The molecule has 0 aliphatic rings. The molecule has 108 valence electrons. The van der Waals surface area contributed by atoms with Crippen molar-refractivity contribution in [3.8, 4) is 0 Å². The highest BCUT2D eigenvalue weighted by Gasteiger charge is 2.13. The molecule has 0 fully saturated rings. The van der Waals surface area contributed by atoms with E-state index in [-0.39, 0.29) is 5.91 Å². The minimum absolute atomic E-state index is 0.0420. The summed E-state index contributed by atoms with van der Waals surface area (Å²) < 4.78 is 2.05. The molecule has 0 aliphatic heterocycles. The molecule has 1 rings (SSSR count). The predicted molar refractivity (Wildman–Crippen MR) is 76.7 cm³/mol. The topological polar surface area (TPSA) is 50.2 Å². The van der Waals surface area contributed by atoms with Crippen LogP contribution in [0.4, 0.5) is 0 Å². The average Bonchev–Trinajstić information content (AvgIpc) is 2.50. The highest BCUT2D eigenvalue weighted by atomic mass is 16.2. The van der Waals surface area contributed by atoms with Gasteiger partial charge in [0.05, 0.1) is 5.69 Å². The predicted octanol–water partition coefficient (Wildman–Crippen LogP) is 1.68. The number of carbonyl (C=O) groups is 1. The summed E-state index contributed by atoms with van der Waals surface area (Å²) in [4.78, 5) is 11.7. The van der Waals surface area contributed by atoms with E-state index in [0.717, 1.165) is 18.7 Å². The summed E-state index contributed by atoms with van der Waals surface area (Å²) in [6.45, 7) is 9.39. The lowest BCUT2D eigenvalue weighted by molar-refractivity contribution is -0.124. The maximum Gasteiger partial charge on any atom is 0.234 e. The fourth-order valence-electron chi connectivity index (χ4n) is 2.16. The number of nitrogens with zero attached hydrogens (tertiary/aromatic N) is 3. The van der Waals surface area contributed by atoms with Gasteiger partial charge in [0.15, 0.2) is 0 Å². The second-order valence-electron chi connectivity index (χ2n) is 5.65. The van der Waals surface area contributed by atoms with Crippen molar-refractivity contribution >= 4 is 5.91 Å². The number of hydrogen-bond donors (Lipinski definition) is 1. The van der Waals surface area contributed by atoms with Crippen molar-refractivity contribution in [3.05, 3.63) is 17.0 Å². The molecule has 0 aromatic carbocycles. The van der Waals surface area contributed by atoms with Gasteiger partial charge in [-0.2, -0.15) is 5.10 Å². The van der Waals surface area contributed by atoms with E-state index in [1.54, 1.807) is 5.01 Å². The van der Waals surface area contributed by atoms with Crippen LogP contribution in [0.15, 0.2) is 0 Å². The van der Waals surface area contributed by atoms with Crippen LogP contribution in [0.3, 0.4) is 0 Å². The van der Waals surface area contributed by atoms with E-state index in [9.17, 15) is 4.79 Å². The Kier molecular flexibility index (Phi) is 5.54. The lowest BCUT2D eigenvalue weighted by Crippen LogP contribution is -2.36. The van der Waals surface area contributed by atoms with E-state index in [0.29, 0.717) is 12.3 Å². The number of rotatable bonds is 6. The third kappa shape index (κ3) is 4.67. The molecule has 1 N–H and O–H groups in total. The van der Waals surface area contributed by atoms with Gasteiger partial charge in [-0.05, 0) is 31.7 Å². The van der Waals surface area contributed by atoms with Crippen LogP contribution in [0, 0.1) is 19.8 Å². The number of nitrogens with one attached hydrogen (secondary N) is 1. The summed E-state index contributed by atoms with van der Waals surface area (Å²) in [6.07, 6.45) is 1.24. The molecule has 0 radical (unpaired) electrons. The van der Waals surface area contributed by atoms with Gasteiger partial charge in [0.1, 0.15) is 0 Å². The molecular weight excluding hydrogens is 240 g/mol. The fraction of sp³-hybridized carbons (Fsp3) is 0.714. The lowest BCUT2D eigenvalue weighted by Gasteiger charge is -2.11. The van der Waals surface area contributed by atoms with Crippen molar-refractivity contribution in [3.63, 3.8) is 0 Å². The Balaban J connectivity index is 2.68. The van der Waals surface area contributed by atoms with Crippen LogP contribution in [0.25, 0.3) is 0 Å². The first kappa shape index (κ1) is 15.7. The van der Waals surface area contributed by atoms with Gasteiger partial charge >= 0.3 is 0 Å². The first-order valence-corrected chi connectivity index (χ1v) is 6.81. The van der Waals surface area contributed by atoms with E-state index in [4.69, 9.17) is 0 Å². The number of aryl methyl sites for hydroxylation is 1. The summed E-state index contributed by atoms with van der Waals surface area (Å²) >= 11 is 0. The molecule has 0 unspecified atom stereocenters. The number of hydrazine groups is 1. The first-order chi connectivity index (χ1) is 8.81. The second-order valence-corrected chi connectivity index (χ2v) is 5.65. The van der Waals surface area contributed by atoms with Crippen molar-refractivity contribution < 1.29 is 4.79 Å². The monoisotopic (exact) mass is 266 g/mol. The quantitative estimate of drug-likeness (QED) is 0.797. The zero-order chi connectivity index (χ0) is 14.6. The molecule has 0 aliphatic carbocycles. The summed E-state index contributed by atoms with van der Waals surface area (Å²) in [7, 11) is 3.63. The number of aromatic nitrogens is 2. The molecule has 0 saturated heterocycles. The zero-order valence-electron chi connectivity index (χ0n) is 12.9. The molecule has 5 heteroatoms. The van der Waals surface area contributed by atoms with Crippen molar-refractivity contribution in [1.29, 1.82) is 0 Å². The molecule has 1 aromatic heterocycles. The lowest BCUT2D eigenvalue weighted by atomic mass is 10.1. The van der Waals surface area contributed by atoms with Gasteiger partial charge in [-0.3, -0.25) is 14.9 Å². The van der Waals surface area contributed by atoms with Gasteiger partial charge in [-0.15, -0.1) is 0 Å². The minimum atomic E-state index is 0.0420. The molecule has 1 aromatic rings. The fourth-order valence-corrected chi connectivity index (χ4v) is 2.16. The highest BCUT2D eigenvalue weighted by Crippen LogP contribution is 2.16. The molecule has 0 spiro atoms. The Labute approximate surface area is 115 Å². The van der Waals surface area contributed by atoms with Gasteiger partial charge in [-0.25, -0.2) is 5.01 Å². The number of carbonyl (C=O) groups excluding carboxylic acids is 1. The average molecular weight is 266 g/mol. The smallest absolute Gasteiger partial charge is 0.234 e. The highest BCUT2D eigenvalue weighted by molar-refractivity contribution is 5.75. The SMILES string of the molecule is Cc1nn(CC(C)C)c(C)c1CCC(=O)NN(C)C.